The van der Waals surface area contributed by atoms with Crippen molar-refractivity contribution in [2.75, 3.05) is 13.1 Å². The van der Waals surface area contributed by atoms with Crippen LogP contribution >= 0.6 is 0 Å². The van der Waals surface area contributed by atoms with Gasteiger partial charge in [-0.2, -0.15) is 0 Å². The minimum atomic E-state index is 0.0915. The number of benzene rings is 3. The first-order chi connectivity index (χ1) is 13.9. The lowest BCUT2D eigenvalue weighted by Gasteiger charge is -2.19. The fourth-order valence-corrected chi connectivity index (χ4v) is 3.40. The van der Waals surface area contributed by atoms with Crippen LogP contribution in [0.1, 0.15) is 28.8 Å². The lowest BCUT2D eigenvalue weighted by Crippen LogP contribution is -2.24. The summed E-state index contributed by atoms with van der Waals surface area (Å²) < 4.78 is 0. The Morgan fingerprint density at radius 2 is 1.32 bits per heavy atom. The summed E-state index contributed by atoms with van der Waals surface area (Å²) in [7, 11) is 0. The van der Waals surface area contributed by atoms with Crippen molar-refractivity contribution in [1.82, 2.24) is 10.6 Å². The molecular weight excluding hydrogens is 344 g/mol. The molecule has 0 saturated heterocycles. The normalized spacial score (nSPS) is 19.8. The standard InChI is InChI=1S/C21H18N2.C3H6N2/c1-4-10-16(11-5-1)19-20(17-12-6-2-7-13-17)23-21(22-19)18-14-8-3-9-15-18;1-2-5-3-4-1/h1-15,19-20H,(H,22,23);3H,1-2H2,(H,4,5). The molecule has 4 nitrogen and oxygen atoms in total. The van der Waals surface area contributed by atoms with E-state index < -0.39 is 0 Å². The van der Waals surface area contributed by atoms with E-state index in [2.05, 4.69) is 82.4 Å². The lowest BCUT2D eigenvalue weighted by atomic mass is 9.95. The molecule has 2 aliphatic rings. The Bertz CT molecular complexity index is 915. The fourth-order valence-electron chi connectivity index (χ4n) is 3.40. The van der Waals surface area contributed by atoms with Crippen molar-refractivity contribution in [1.29, 1.82) is 0 Å². The summed E-state index contributed by atoms with van der Waals surface area (Å²) in [5, 5.41) is 6.55. The first-order valence-corrected chi connectivity index (χ1v) is 9.63. The molecule has 0 radical (unpaired) electrons. The second-order valence-electron chi connectivity index (χ2n) is 6.72. The fraction of sp³-hybridized carbons (Fsp3) is 0.167. The predicted molar refractivity (Wildman–Crippen MR) is 116 cm³/mol. The second kappa shape index (κ2) is 9.00. The molecule has 4 heteroatoms. The van der Waals surface area contributed by atoms with Gasteiger partial charge in [0.2, 0.25) is 0 Å². The average Bonchev–Trinajstić information content (AvgIpc) is 3.49. The summed E-state index contributed by atoms with van der Waals surface area (Å²) in [6.07, 6.45) is 1.74. The third-order valence-electron chi connectivity index (χ3n) is 4.79. The molecule has 0 spiro atoms. The van der Waals surface area contributed by atoms with Crippen LogP contribution in [0.25, 0.3) is 0 Å². The summed E-state index contributed by atoms with van der Waals surface area (Å²) in [6, 6.07) is 31.6. The number of hydrogen-bond acceptors (Lipinski definition) is 4. The van der Waals surface area contributed by atoms with Crippen molar-refractivity contribution in [2.24, 2.45) is 9.98 Å². The Balaban J connectivity index is 0.000000336. The summed E-state index contributed by atoms with van der Waals surface area (Å²) in [6.45, 7) is 1.99. The number of amidine groups is 1. The maximum absolute atomic E-state index is 4.99. The van der Waals surface area contributed by atoms with Gasteiger partial charge >= 0.3 is 0 Å². The van der Waals surface area contributed by atoms with E-state index in [0.29, 0.717) is 0 Å². The minimum Gasteiger partial charge on any atom is -0.375 e. The molecule has 0 amide bonds. The molecule has 2 unspecified atom stereocenters. The third kappa shape index (κ3) is 4.29. The molecule has 0 saturated carbocycles. The average molecular weight is 368 g/mol. The molecule has 0 aliphatic carbocycles. The van der Waals surface area contributed by atoms with E-state index >= 15 is 0 Å². The van der Waals surface area contributed by atoms with E-state index in [1.165, 1.54) is 11.1 Å². The van der Waals surface area contributed by atoms with Gasteiger partial charge in [0.05, 0.1) is 18.9 Å². The van der Waals surface area contributed by atoms with Crippen molar-refractivity contribution in [3.05, 3.63) is 108 Å². The first kappa shape index (κ1) is 18.0. The van der Waals surface area contributed by atoms with Crippen molar-refractivity contribution in [3.8, 4) is 0 Å². The van der Waals surface area contributed by atoms with Crippen LogP contribution < -0.4 is 10.6 Å². The van der Waals surface area contributed by atoms with Crippen LogP contribution in [0, 0.1) is 0 Å². The summed E-state index contributed by atoms with van der Waals surface area (Å²) in [5.41, 5.74) is 3.63. The molecule has 28 heavy (non-hydrogen) atoms. The SMILES string of the molecule is C1=NCCN1.c1ccc(C2=NC(c3ccccc3)C(c3ccccc3)N2)cc1. The minimum absolute atomic E-state index is 0.0915. The van der Waals surface area contributed by atoms with E-state index in [1.54, 1.807) is 6.34 Å². The van der Waals surface area contributed by atoms with Gasteiger partial charge in [0.25, 0.3) is 0 Å². The van der Waals surface area contributed by atoms with Gasteiger partial charge in [-0.15, -0.1) is 0 Å². The molecule has 2 heterocycles. The highest BCUT2D eigenvalue weighted by Gasteiger charge is 2.31. The van der Waals surface area contributed by atoms with Crippen molar-refractivity contribution < 1.29 is 0 Å². The molecule has 2 atom stereocenters. The Hall–Kier alpha value is -3.40. The summed E-state index contributed by atoms with van der Waals surface area (Å²) >= 11 is 0. The number of hydrogen-bond donors (Lipinski definition) is 2. The zero-order valence-corrected chi connectivity index (χ0v) is 15.7. The second-order valence-corrected chi connectivity index (χ2v) is 6.72. The molecule has 140 valence electrons. The highest BCUT2D eigenvalue weighted by atomic mass is 15.1. The monoisotopic (exact) mass is 368 g/mol. The lowest BCUT2D eigenvalue weighted by molar-refractivity contribution is 0.572. The molecule has 3 aromatic rings. The van der Waals surface area contributed by atoms with Gasteiger partial charge in [-0.3, -0.25) is 9.98 Å². The summed E-state index contributed by atoms with van der Waals surface area (Å²) in [5.74, 6) is 0.966. The van der Waals surface area contributed by atoms with E-state index in [-0.39, 0.29) is 12.1 Å². The maximum atomic E-state index is 4.99. The van der Waals surface area contributed by atoms with Crippen LogP contribution in [-0.4, -0.2) is 25.3 Å². The predicted octanol–water partition coefficient (Wildman–Crippen LogP) is 4.14. The third-order valence-corrected chi connectivity index (χ3v) is 4.79. The highest BCUT2D eigenvalue weighted by molar-refractivity contribution is 6.00. The molecule has 0 fully saturated rings. The molecule has 0 aromatic heterocycles. The van der Waals surface area contributed by atoms with E-state index in [1.807, 2.05) is 24.3 Å². The number of nitrogens with one attached hydrogen (secondary N) is 2. The highest BCUT2D eigenvalue weighted by Crippen LogP contribution is 2.36. The number of nitrogens with zero attached hydrogens (tertiary/aromatic N) is 2. The number of rotatable bonds is 3. The van der Waals surface area contributed by atoms with Crippen molar-refractivity contribution in [2.45, 2.75) is 12.1 Å². The smallest absolute Gasteiger partial charge is 0.129 e. The topological polar surface area (TPSA) is 48.8 Å². The van der Waals surface area contributed by atoms with Crippen LogP contribution in [0.2, 0.25) is 0 Å². The quantitative estimate of drug-likeness (QED) is 0.730. The van der Waals surface area contributed by atoms with E-state index in [0.717, 1.165) is 24.5 Å². The molecule has 2 aliphatic heterocycles. The Morgan fingerprint density at radius 1 is 0.714 bits per heavy atom. The van der Waals surface area contributed by atoms with Crippen LogP contribution in [0.5, 0.6) is 0 Å². The number of aliphatic imine (C=N–C) groups is 2. The van der Waals surface area contributed by atoms with Gasteiger partial charge in [0, 0.05) is 12.1 Å². The zero-order chi connectivity index (χ0) is 19.0. The zero-order valence-electron chi connectivity index (χ0n) is 15.7. The van der Waals surface area contributed by atoms with Crippen LogP contribution in [0.15, 0.2) is 101 Å². The van der Waals surface area contributed by atoms with Gasteiger partial charge in [-0.25, -0.2) is 0 Å². The molecule has 2 N–H and O–H groups in total. The Morgan fingerprint density at radius 3 is 1.86 bits per heavy atom. The maximum Gasteiger partial charge on any atom is 0.129 e. The Labute approximate surface area is 166 Å². The van der Waals surface area contributed by atoms with E-state index in [4.69, 9.17) is 4.99 Å². The molecular formula is C24H24N4. The molecule has 0 bridgehead atoms. The van der Waals surface area contributed by atoms with Gasteiger partial charge in [-0.1, -0.05) is 91.0 Å². The summed E-state index contributed by atoms with van der Waals surface area (Å²) in [4.78, 5) is 8.84. The van der Waals surface area contributed by atoms with Crippen LogP contribution in [-0.2, 0) is 0 Å². The van der Waals surface area contributed by atoms with Crippen LogP contribution in [0.3, 0.4) is 0 Å². The van der Waals surface area contributed by atoms with Crippen molar-refractivity contribution >= 4 is 12.2 Å². The van der Waals surface area contributed by atoms with Gasteiger partial charge in [0.1, 0.15) is 11.9 Å². The van der Waals surface area contributed by atoms with Gasteiger partial charge in [0.15, 0.2) is 0 Å². The van der Waals surface area contributed by atoms with Gasteiger partial charge < -0.3 is 10.6 Å². The van der Waals surface area contributed by atoms with Crippen LogP contribution in [0.4, 0.5) is 0 Å². The Kier molecular flexibility index (Phi) is 5.78. The van der Waals surface area contributed by atoms with Gasteiger partial charge in [-0.05, 0) is 11.1 Å². The first-order valence-electron chi connectivity index (χ1n) is 9.63. The largest absolute Gasteiger partial charge is 0.375 e. The van der Waals surface area contributed by atoms with E-state index in [9.17, 15) is 0 Å². The van der Waals surface area contributed by atoms with Crippen molar-refractivity contribution in [3.63, 3.8) is 0 Å². The molecule has 5 rings (SSSR count). The molecule has 3 aromatic carbocycles.